The Labute approximate surface area is 185 Å². The number of ether oxygens (including phenoxy) is 1. The highest BCUT2D eigenvalue weighted by Gasteiger charge is 2.42. The summed E-state index contributed by atoms with van der Waals surface area (Å²) in [4.78, 5) is 37.1. The van der Waals surface area contributed by atoms with Crippen LogP contribution in [0.3, 0.4) is 0 Å². The predicted molar refractivity (Wildman–Crippen MR) is 120 cm³/mol. The van der Waals surface area contributed by atoms with Crippen molar-refractivity contribution in [1.82, 2.24) is 9.62 Å². The average molecular weight is 443 g/mol. The third-order valence-corrected chi connectivity index (χ3v) is 6.50. The smallest absolute Gasteiger partial charge is 0.410 e. The summed E-state index contributed by atoms with van der Waals surface area (Å²) >= 11 is 0.964. The van der Waals surface area contributed by atoms with E-state index in [-0.39, 0.29) is 18.4 Å². The number of carboxylic acid groups (broad SMARTS) is 1. The normalized spacial score (nSPS) is 13.7. The lowest BCUT2D eigenvalue weighted by atomic mass is 9.98. The Kier molecular flexibility index (Phi) is 6.59. The molecule has 2 amide bonds. The van der Waals surface area contributed by atoms with Crippen LogP contribution in [0.4, 0.5) is 4.79 Å². The molecule has 7 nitrogen and oxygen atoms in total. The molecule has 0 heterocycles. The molecule has 0 aliphatic heterocycles. The monoisotopic (exact) mass is 442 g/mol. The number of amides is 2. The third-order valence-electron chi connectivity index (χ3n) is 5.36. The van der Waals surface area contributed by atoms with Gasteiger partial charge in [0.2, 0.25) is 5.91 Å². The number of carbonyl (C=O) groups is 3. The van der Waals surface area contributed by atoms with Crippen LogP contribution in [0.2, 0.25) is 0 Å². The Balaban J connectivity index is 1.75. The van der Waals surface area contributed by atoms with Crippen LogP contribution < -0.4 is 4.72 Å². The number of benzene rings is 2. The molecule has 0 fully saturated rings. The minimum absolute atomic E-state index is 0.100. The fraction of sp³-hybridized carbons (Fsp3) is 0.348. The summed E-state index contributed by atoms with van der Waals surface area (Å²) in [7, 11) is 1.40. The molecule has 3 rings (SSSR count). The minimum atomic E-state index is -1.21. The van der Waals surface area contributed by atoms with E-state index in [0.29, 0.717) is 0 Å². The van der Waals surface area contributed by atoms with Crippen molar-refractivity contribution >= 4 is 29.9 Å². The molecule has 8 heteroatoms. The van der Waals surface area contributed by atoms with Gasteiger partial charge >= 0.3 is 12.1 Å². The van der Waals surface area contributed by atoms with E-state index in [1.54, 1.807) is 13.8 Å². The fourth-order valence-corrected chi connectivity index (χ4v) is 4.77. The zero-order chi connectivity index (χ0) is 22.8. The maximum atomic E-state index is 12.8. The maximum absolute atomic E-state index is 12.8. The first-order valence-corrected chi connectivity index (χ1v) is 10.7. The lowest BCUT2D eigenvalue weighted by Crippen LogP contribution is -2.54. The van der Waals surface area contributed by atoms with Crippen LogP contribution in [-0.4, -0.2) is 52.4 Å². The van der Waals surface area contributed by atoms with E-state index in [2.05, 4.69) is 4.72 Å². The number of carbonyl (C=O) groups excluding carboxylic acids is 2. The van der Waals surface area contributed by atoms with Crippen molar-refractivity contribution in [3.63, 3.8) is 0 Å². The quantitative estimate of drug-likeness (QED) is 0.632. The number of carboxylic acids is 1. The molecule has 1 unspecified atom stereocenters. The molecule has 1 aliphatic rings. The number of nitrogens with one attached hydrogen (secondary N) is 1. The summed E-state index contributed by atoms with van der Waals surface area (Å²) in [5.74, 6) is -1.60. The number of hydrogen-bond donors (Lipinski definition) is 2. The Morgan fingerprint density at radius 2 is 1.61 bits per heavy atom. The molecule has 2 N–H and O–H groups in total. The van der Waals surface area contributed by atoms with Crippen LogP contribution >= 0.6 is 11.9 Å². The van der Waals surface area contributed by atoms with E-state index in [1.807, 2.05) is 48.5 Å². The molecule has 0 bridgehead atoms. The van der Waals surface area contributed by atoms with E-state index in [4.69, 9.17) is 4.74 Å². The molecule has 1 atom stereocenters. The number of rotatable bonds is 7. The van der Waals surface area contributed by atoms with Crippen molar-refractivity contribution in [3.05, 3.63) is 59.7 Å². The van der Waals surface area contributed by atoms with Gasteiger partial charge in [-0.3, -0.25) is 14.4 Å². The Morgan fingerprint density at radius 1 is 1.10 bits per heavy atom. The van der Waals surface area contributed by atoms with Crippen LogP contribution in [0.5, 0.6) is 0 Å². The molecule has 164 valence electrons. The van der Waals surface area contributed by atoms with Gasteiger partial charge in [-0.05, 0) is 48.0 Å². The van der Waals surface area contributed by atoms with Crippen LogP contribution in [0.1, 0.15) is 37.8 Å². The van der Waals surface area contributed by atoms with Gasteiger partial charge in [-0.25, -0.2) is 9.59 Å². The van der Waals surface area contributed by atoms with Crippen LogP contribution in [0.15, 0.2) is 48.5 Å². The van der Waals surface area contributed by atoms with Crippen LogP contribution in [-0.2, 0) is 14.3 Å². The van der Waals surface area contributed by atoms with E-state index in [0.717, 1.165) is 39.1 Å². The van der Waals surface area contributed by atoms with Crippen molar-refractivity contribution in [2.24, 2.45) is 0 Å². The SMILES string of the molecule is CC(=O)NSC(C)(C)C(C(=O)O)N(C)C(=O)OCC1c2ccccc2-c2ccccc21. The molecular formula is C23H26N2O5S. The number of fused-ring (bicyclic) bond motifs is 3. The van der Waals surface area contributed by atoms with Gasteiger partial charge in [0.1, 0.15) is 12.6 Å². The Bertz CT molecular complexity index is 961. The number of likely N-dealkylation sites (N-methyl/N-ethyl adjacent to an activating group) is 1. The first-order valence-electron chi connectivity index (χ1n) is 9.88. The summed E-state index contributed by atoms with van der Waals surface area (Å²) in [5.41, 5.74) is 4.39. The van der Waals surface area contributed by atoms with Crippen molar-refractivity contribution in [2.75, 3.05) is 13.7 Å². The van der Waals surface area contributed by atoms with E-state index >= 15 is 0 Å². The average Bonchev–Trinajstić information content (AvgIpc) is 3.04. The third kappa shape index (κ3) is 4.69. The number of hydrogen-bond acceptors (Lipinski definition) is 5. The van der Waals surface area contributed by atoms with Crippen LogP contribution in [0.25, 0.3) is 11.1 Å². The fourth-order valence-electron chi connectivity index (χ4n) is 3.99. The minimum Gasteiger partial charge on any atom is -0.480 e. The van der Waals surface area contributed by atoms with Gasteiger partial charge in [0.25, 0.3) is 0 Å². The van der Waals surface area contributed by atoms with Gasteiger partial charge in [-0.2, -0.15) is 0 Å². The van der Waals surface area contributed by atoms with E-state index < -0.39 is 22.9 Å². The molecule has 0 saturated carbocycles. The first-order chi connectivity index (χ1) is 14.6. The van der Waals surface area contributed by atoms with Gasteiger partial charge < -0.3 is 9.84 Å². The summed E-state index contributed by atoms with van der Waals surface area (Å²) in [6.45, 7) is 4.75. The zero-order valence-corrected chi connectivity index (χ0v) is 18.7. The number of nitrogens with zero attached hydrogens (tertiary/aromatic N) is 1. The molecule has 0 spiro atoms. The summed E-state index contributed by atoms with van der Waals surface area (Å²) in [6, 6.07) is 14.8. The largest absolute Gasteiger partial charge is 0.480 e. The second kappa shape index (κ2) is 9.01. The second-order valence-corrected chi connectivity index (χ2v) is 9.48. The molecule has 2 aromatic carbocycles. The lowest BCUT2D eigenvalue weighted by molar-refractivity contribution is -0.143. The highest BCUT2D eigenvalue weighted by Crippen LogP contribution is 2.44. The lowest BCUT2D eigenvalue weighted by Gasteiger charge is -2.36. The van der Waals surface area contributed by atoms with Crippen molar-refractivity contribution < 1.29 is 24.2 Å². The Hall–Kier alpha value is -3.00. The molecule has 0 radical (unpaired) electrons. The summed E-state index contributed by atoms with van der Waals surface area (Å²) < 4.78 is 7.14. The summed E-state index contributed by atoms with van der Waals surface area (Å²) in [5, 5.41) is 9.76. The Morgan fingerprint density at radius 3 is 2.10 bits per heavy atom. The molecule has 31 heavy (non-hydrogen) atoms. The molecule has 0 aromatic heterocycles. The van der Waals surface area contributed by atoms with Gasteiger partial charge in [-0.15, -0.1) is 0 Å². The molecule has 1 aliphatic carbocycles. The van der Waals surface area contributed by atoms with Gasteiger partial charge in [0, 0.05) is 19.9 Å². The topological polar surface area (TPSA) is 95.9 Å². The first kappa shape index (κ1) is 22.7. The highest BCUT2D eigenvalue weighted by atomic mass is 32.2. The van der Waals surface area contributed by atoms with Crippen LogP contribution in [0, 0.1) is 0 Å². The van der Waals surface area contributed by atoms with Gasteiger partial charge in [0.15, 0.2) is 0 Å². The predicted octanol–water partition coefficient (Wildman–Crippen LogP) is 3.88. The van der Waals surface area contributed by atoms with E-state index in [1.165, 1.54) is 14.0 Å². The second-order valence-electron chi connectivity index (χ2n) is 8.02. The molecular weight excluding hydrogens is 416 g/mol. The standard InChI is InChI=1S/C23H26N2O5S/c1-14(26)24-31-23(2,3)20(21(27)28)25(4)22(29)30-13-19-17-11-7-5-9-15(17)16-10-6-8-12-18(16)19/h5-12,19-20H,13H2,1-4H3,(H,24,26)(H,27,28). The van der Waals surface area contributed by atoms with Crippen molar-refractivity contribution in [1.29, 1.82) is 0 Å². The zero-order valence-electron chi connectivity index (χ0n) is 17.9. The van der Waals surface area contributed by atoms with E-state index in [9.17, 15) is 19.5 Å². The van der Waals surface area contributed by atoms with Gasteiger partial charge in [0.05, 0.1) is 4.75 Å². The van der Waals surface area contributed by atoms with Crippen molar-refractivity contribution in [3.8, 4) is 11.1 Å². The molecule has 0 saturated heterocycles. The van der Waals surface area contributed by atoms with Gasteiger partial charge in [-0.1, -0.05) is 48.5 Å². The maximum Gasteiger partial charge on any atom is 0.410 e. The molecule has 2 aromatic rings. The summed E-state index contributed by atoms with van der Waals surface area (Å²) in [6.07, 6.45) is -0.731. The number of aliphatic carboxylic acids is 1. The highest BCUT2D eigenvalue weighted by molar-refractivity contribution is 7.99. The van der Waals surface area contributed by atoms with Crippen molar-refractivity contribution in [2.45, 2.75) is 37.5 Å².